The van der Waals surface area contributed by atoms with Gasteiger partial charge >= 0.3 is 0 Å². The lowest BCUT2D eigenvalue weighted by molar-refractivity contribution is -0.384. The number of rotatable bonds is 15. The number of hydrogen-bond donors (Lipinski definition) is 1. The molecular weight excluding hydrogens is 773 g/mol. The zero-order valence-corrected chi connectivity index (χ0v) is 32.6. The van der Waals surface area contributed by atoms with E-state index in [2.05, 4.69) is 5.32 Å². The predicted molar refractivity (Wildman–Crippen MR) is 221 cm³/mol. The number of ether oxygens (including phenoxy) is 3. The van der Waals surface area contributed by atoms with Crippen LogP contribution in [0.1, 0.15) is 27.0 Å². The fourth-order valence-corrected chi connectivity index (χ4v) is 8.08. The van der Waals surface area contributed by atoms with Gasteiger partial charge < -0.3 is 24.4 Å². The van der Waals surface area contributed by atoms with Crippen molar-refractivity contribution in [2.75, 3.05) is 25.0 Å². The van der Waals surface area contributed by atoms with Crippen molar-refractivity contribution in [3.63, 3.8) is 0 Å². The zero-order valence-electron chi connectivity index (χ0n) is 31.8. The van der Waals surface area contributed by atoms with Gasteiger partial charge in [0.2, 0.25) is 21.7 Å². The maximum absolute atomic E-state index is 14.6. The summed E-state index contributed by atoms with van der Waals surface area (Å²) in [4.78, 5) is 40.4. The van der Waals surface area contributed by atoms with Crippen LogP contribution in [0.4, 0.5) is 11.4 Å². The molecule has 0 aromatic heterocycles. The van der Waals surface area contributed by atoms with E-state index in [4.69, 9.17) is 14.2 Å². The van der Waals surface area contributed by atoms with Gasteiger partial charge in [-0.25, -0.2) is 8.42 Å². The quantitative estimate of drug-likeness (QED) is 0.0820. The summed E-state index contributed by atoms with van der Waals surface area (Å²) < 4.78 is 48.3. The molecule has 59 heavy (non-hydrogen) atoms. The van der Waals surface area contributed by atoms with Crippen LogP contribution in [0.3, 0.4) is 0 Å². The number of anilines is 1. The average Bonchev–Trinajstić information content (AvgIpc) is 3.28. The first-order valence-corrected chi connectivity index (χ1v) is 20.2. The van der Waals surface area contributed by atoms with E-state index in [1.54, 1.807) is 42.5 Å². The summed E-state index contributed by atoms with van der Waals surface area (Å²) in [6.07, 6.45) is 0. The third kappa shape index (κ3) is 9.93. The molecule has 0 spiro atoms. The largest absolute Gasteiger partial charge is 0.485 e. The van der Waals surface area contributed by atoms with Gasteiger partial charge in [0, 0.05) is 43.0 Å². The standard InChI is InChI=1S/C45H40N4O9S/c50-44(46-37-19-11-4-12-20-37)40-29-47(25-26-48(40)59(54,55)39-23-21-38(22-24-39)49(52)53)45(51)36-27-41(56-30-33-13-5-1-6-14-33)43(58-32-35-17-9-3-10-18-35)42(28-36)57-31-34-15-7-2-8-16-34/h1-24,27-28,40H,25-26,29-32H2,(H,46,50). The van der Waals surface area contributed by atoms with Crippen molar-refractivity contribution >= 4 is 33.2 Å². The molecule has 1 unspecified atom stereocenters. The Morgan fingerprint density at radius 2 is 1.14 bits per heavy atom. The molecular formula is C45H40N4O9S. The van der Waals surface area contributed by atoms with Crippen molar-refractivity contribution in [3.8, 4) is 17.2 Å². The van der Waals surface area contributed by atoms with E-state index in [0.717, 1.165) is 45.3 Å². The average molecular weight is 813 g/mol. The third-order valence-corrected chi connectivity index (χ3v) is 11.5. The number of nitro benzene ring substituents is 1. The highest BCUT2D eigenvalue weighted by Crippen LogP contribution is 2.41. The Bertz CT molecular complexity index is 2430. The normalized spacial score (nSPS) is 14.2. The van der Waals surface area contributed by atoms with Crippen molar-refractivity contribution in [2.45, 2.75) is 30.8 Å². The summed E-state index contributed by atoms with van der Waals surface area (Å²) >= 11 is 0. The van der Waals surface area contributed by atoms with Crippen LogP contribution < -0.4 is 19.5 Å². The van der Waals surface area contributed by atoms with Crippen LogP contribution >= 0.6 is 0 Å². The summed E-state index contributed by atoms with van der Waals surface area (Å²) in [5, 5.41) is 14.1. The van der Waals surface area contributed by atoms with Gasteiger partial charge in [-0.1, -0.05) is 109 Å². The van der Waals surface area contributed by atoms with Gasteiger partial charge in [0.15, 0.2) is 11.5 Å². The molecule has 0 saturated carbocycles. The third-order valence-electron chi connectivity index (χ3n) is 9.58. The van der Waals surface area contributed by atoms with Gasteiger partial charge in [-0.3, -0.25) is 19.7 Å². The minimum Gasteiger partial charge on any atom is -0.485 e. The molecule has 300 valence electrons. The summed E-state index contributed by atoms with van der Waals surface area (Å²) in [5.74, 6) is -0.384. The molecule has 0 aliphatic carbocycles. The molecule has 1 heterocycles. The van der Waals surface area contributed by atoms with Gasteiger partial charge in [0.1, 0.15) is 25.9 Å². The number of nitro groups is 1. The molecule has 14 heteroatoms. The van der Waals surface area contributed by atoms with Crippen LogP contribution in [0.15, 0.2) is 163 Å². The molecule has 1 fully saturated rings. The Morgan fingerprint density at radius 3 is 1.63 bits per heavy atom. The Labute approximate surface area is 341 Å². The number of carbonyl (C=O) groups is 2. The number of nitrogens with zero attached hydrogens (tertiary/aromatic N) is 3. The maximum Gasteiger partial charge on any atom is 0.269 e. The predicted octanol–water partition coefficient (Wildman–Crippen LogP) is 7.49. The Balaban J connectivity index is 1.23. The highest BCUT2D eigenvalue weighted by molar-refractivity contribution is 7.89. The Hall–Kier alpha value is -7.03. The molecule has 1 aliphatic rings. The lowest BCUT2D eigenvalue weighted by Crippen LogP contribution is -2.60. The number of non-ortho nitro benzene ring substituents is 1. The lowest BCUT2D eigenvalue weighted by atomic mass is 10.1. The van der Waals surface area contributed by atoms with Crippen LogP contribution in [0.5, 0.6) is 17.2 Å². The van der Waals surface area contributed by atoms with E-state index in [1.165, 1.54) is 4.90 Å². The molecule has 13 nitrogen and oxygen atoms in total. The molecule has 1 aliphatic heterocycles. The number of nitrogens with one attached hydrogen (secondary N) is 1. The van der Waals surface area contributed by atoms with E-state index in [9.17, 15) is 28.1 Å². The van der Waals surface area contributed by atoms with E-state index >= 15 is 0 Å². The fraction of sp³-hybridized carbons (Fsp3) is 0.156. The molecule has 1 saturated heterocycles. The minimum atomic E-state index is -4.37. The number of para-hydroxylation sites is 1. The molecule has 7 rings (SSSR count). The Morgan fingerprint density at radius 1 is 0.661 bits per heavy atom. The number of amides is 2. The number of sulfonamides is 1. The highest BCUT2D eigenvalue weighted by atomic mass is 32.2. The first kappa shape index (κ1) is 40.2. The van der Waals surface area contributed by atoms with Crippen molar-refractivity contribution in [1.82, 2.24) is 9.21 Å². The first-order chi connectivity index (χ1) is 28.7. The second kappa shape index (κ2) is 18.5. The van der Waals surface area contributed by atoms with Crippen LogP contribution in [0.2, 0.25) is 0 Å². The number of carbonyl (C=O) groups excluding carboxylic acids is 2. The van der Waals surface area contributed by atoms with Crippen LogP contribution in [0.25, 0.3) is 0 Å². The van der Waals surface area contributed by atoms with Gasteiger partial charge in [0.05, 0.1) is 9.82 Å². The lowest BCUT2D eigenvalue weighted by Gasteiger charge is -2.39. The number of piperazine rings is 1. The molecule has 1 atom stereocenters. The second-order valence-corrected chi connectivity index (χ2v) is 15.5. The number of hydrogen-bond acceptors (Lipinski definition) is 9. The topological polar surface area (TPSA) is 158 Å². The van der Waals surface area contributed by atoms with Gasteiger partial charge in [-0.2, -0.15) is 4.31 Å². The highest BCUT2D eigenvalue weighted by Gasteiger charge is 2.42. The molecule has 2 amide bonds. The SMILES string of the molecule is O=C(Nc1ccccc1)C1CN(C(=O)c2cc(OCc3ccccc3)c(OCc3ccccc3)c(OCc3ccccc3)c2)CCN1S(=O)(=O)c1ccc([N+](=O)[O-])cc1. The van der Waals surface area contributed by atoms with Crippen LogP contribution in [-0.2, 0) is 34.6 Å². The molecule has 1 N–H and O–H groups in total. The minimum absolute atomic E-state index is 0.0766. The van der Waals surface area contributed by atoms with Crippen molar-refractivity contribution in [3.05, 3.63) is 190 Å². The van der Waals surface area contributed by atoms with E-state index in [-0.39, 0.29) is 72.8 Å². The monoisotopic (exact) mass is 812 g/mol. The van der Waals surface area contributed by atoms with Crippen LogP contribution in [-0.4, -0.2) is 60.0 Å². The fourth-order valence-electron chi connectivity index (χ4n) is 6.51. The van der Waals surface area contributed by atoms with Gasteiger partial charge in [0.25, 0.3) is 11.6 Å². The number of benzene rings is 6. The maximum atomic E-state index is 14.6. The summed E-state index contributed by atoms with van der Waals surface area (Å²) in [7, 11) is -4.37. The second-order valence-electron chi connectivity index (χ2n) is 13.6. The molecule has 0 radical (unpaired) electrons. The summed E-state index contributed by atoms with van der Waals surface area (Å²) in [6, 6.07) is 43.4. The Kier molecular flexibility index (Phi) is 12.6. The first-order valence-electron chi connectivity index (χ1n) is 18.8. The van der Waals surface area contributed by atoms with Crippen LogP contribution in [0, 0.1) is 10.1 Å². The van der Waals surface area contributed by atoms with Gasteiger partial charge in [-0.05, 0) is 53.1 Å². The van der Waals surface area contributed by atoms with Gasteiger partial charge in [-0.15, -0.1) is 0 Å². The molecule has 0 bridgehead atoms. The summed E-state index contributed by atoms with van der Waals surface area (Å²) in [5.41, 5.74) is 2.97. The molecule has 6 aromatic rings. The molecule has 6 aromatic carbocycles. The van der Waals surface area contributed by atoms with Crippen molar-refractivity contribution in [1.29, 1.82) is 0 Å². The smallest absolute Gasteiger partial charge is 0.269 e. The van der Waals surface area contributed by atoms with E-state index in [1.807, 2.05) is 91.0 Å². The van der Waals surface area contributed by atoms with E-state index < -0.39 is 32.8 Å². The van der Waals surface area contributed by atoms with Crippen molar-refractivity contribution < 1.29 is 37.1 Å². The zero-order chi connectivity index (χ0) is 41.2. The summed E-state index contributed by atoms with van der Waals surface area (Å²) in [6.45, 7) is -0.145. The van der Waals surface area contributed by atoms with E-state index in [0.29, 0.717) is 5.69 Å². The van der Waals surface area contributed by atoms with Crippen molar-refractivity contribution in [2.24, 2.45) is 0 Å².